The molecule has 0 saturated carbocycles. The molecule has 0 spiro atoms. The molecular weight excluding hydrogens is 494 g/mol. The summed E-state index contributed by atoms with van der Waals surface area (Å²) in [6.45, 7) is 1.69. The van der Waals surface area contributed by atoms with Crippen LogP contribution in [0.2, 0.25) is 0 Å². The highest BCUT2D eigenvalue weighted by Crippen LogP contribution is 2.55. The molecule has 2 aromatic carbocycles. The maximum Gasteiger partial charge on any atom is 0.310 e. The van der Waals surface area contributed by atoms with E-state index in [-0.39, 0.29) is 55.0 Å². The van der Waals surface area contributed by atoms with Crippen molar-refractivity contribution in [1.82, 2.24) is 10.6 Å². The Hall–Kier alpha value is -3.70. The largest absolute Gasteiger partial charge is 0.502 e. The van der Waals surface area contributed by atoms with Crippen molar-refractivity contribution in [3.63, 3.8) is 0 Å². The Kier molecular flexibility index (Phi) is 7.48. The number of ether oxygens (including phenoxy) is 5. The van der Waals surface area contributed by atoms with Crippen molar-refractivity contribution in [2.45, 2.75) is 24.8 Å². The maximum absolute atomic E-state index is 13.2. The molecule has 2 aromatic rings. The number of fused-ring (bicyclic) bond motifs is 3. The minimum absolute atomic E-state index is 0.0857. The number of nitrogens with one attached hydrogen (secondary N) is 2. The molecule has 1 fully saturated rings. The molecule has 1 aliphatic carbocycles. The van der Waals surface area contributed by atoms with Crippen molar-refractivity contribution in [1.29, 1.82) is 0 Å². The number of aromatic hydroxyl groups is 1. The summed E-state index contributed by atoms with van der Waals surface area (Å²) in [6, 6.07) is 6.65. The van der Waals surface area contributed by atoms with Crippen molar-refractivity contribution in [3.8, 4) is 28.7 Å². The molecule has 0 radical (unpaired) electrons. The van der Waals surface area contributed by atoms with Gasteiger partial charge in [0.25, 0.3) is 0 Å². The van der Waals surface area contributed by atoms with Crippen LogP contribution in [0, 0.1) is 11.8 Å². The zero-order valence-electron chi connectivity index (χ0n) is 21.5. The standard InChI is InChI=1S/C27H33N3O8/c1-34-20-7-14(8-21(35-2)26(20)32)23-15-9-18-19(38-13-37-18)10-16(15)25(17-12-36-27(33)24(17)23)30-22(31)11-29-6-4-3-5-28/h7-10,17,23-25,29,32H,3-6,11-13,28H2,1-2H3,(H,30,31). The van der Waals surface area contributed by atoms with Crippen LogP contribution in [0.5, 0.6) is 28.7 Å². The monoisotopic (exact) mass is 527 g/mol. The Morgan fingerprint density at radius 2 is 1.74 bits per heavy atom. The van der Waals surface area contributed by atoms with E-state index in [0.717, 1.165) is 24.0 Å². The highest BCUT2D eigenvalue weighted by Gasteiger charge is 2.53. The third-order valence-electron chi connectivity index (χ3n) is 7.46. The predicted molar refractivity (Wildman–Crippen MR) is 136 cm³/mol. The number of rotatable bonds is 10. The van der Waals surface area contributed by atoms with Gasteiger partial charge in [0.15, 0.2) is 23.0 Å². The molecule has 38 heavy (non-hydrogen) atoms. The number of amides is 1. The molecule has 4 atom stereocenters. The van der Waals surface area contributed by atoms with Crippen molar-refractivity contribution in [3.05, 3.63) is 41.0 Å². The van der Waals surface area contributed by atoms with E-state index in [2.05, 4.69) is 10.6 Å². The van der Waals surface area contributed by atoms with Crippen LogP contribution >= 0.6 is 0 Å². The second kappa shape index (κ2) is 11.0. The summed E-state index contributed by atoms with van der Waals surface area (Å²) in [5, 5.41) is 16.8. The minimum Gasteiger partial charge on any atom is -0.502 e. The molecule has 204 valence electrons. The lowest BCUT2D eigenvalue weighted by atomic mass is 9.65. The first kappa shape index (κ1) is 25.9. The van der Waals surface area contributed by atoms with Gasteiger partial charge in [-0.1, -0.05) is 0 Å². The Morgan fingerprint density at radius 3 is 2.39 bits per heavy atom. The molecule has 11 nitrogen and oxygen atoms in total. The van der Waals surface area contributed by atoms with E-state index in [4.69, 9.17) is 29.4 Å². The normalized spacial score (nSPS) is 22.9. The highest BCUT2D eigenvalue weighted by molar-refractivity contribution is 5.81. The van der Waals surface area contributed by atoms with Gasteiger partial charge in [0.05, 0.1) is 39.3 Å². The third kappa shape index (κ3) is 4.67. The van der Waals surface area contributed by atoms with Crippen LogP contribution in [-0.4, -0.2) is 64.2 Å². The first-order valence-corrected chi connectivity index (χ1v) is 12.7. The minimum atomic E-state index is -0.593. The first-order valence-electron chi connectivity index (χ1n) is 12.7. The van der Waals surface area contributed by atoms with Gasteiger partial charge in [-0.25, -0.2) is 0 Å². The molecule has 0 aromatic heterocycles. The zero-order valence-corrected chi connectivity index (χ0v) is 21.5. The number of hydrogen-bond donors (Lipinski definition) is 4. The van der Waals surface area contributed by atoms with Crippen molar-refractivity contribution >= 4 is 11.9 Å². The van der Waals surface area contributed by atoms with E-state index in [1.807, 2.05) is 12.1 Å². The van der Waals surface area contributed by atoms with Crippen LogP contribution in [-0.2, 0) is 14.3 Å². The van der Waals surface area contributed by atoms with Crippen LogP contribution in [0.25, 0.3) is 0 Å². The average molecular weight is 528 g/mol. The number of esters is 1. The number of cyclic esters (lactones) is 1. The predicted octanol–water partition coefficient (Wildman–Crippen LogP) is 1.56. The second-order valence-electron chi connectivity index (χ2n) is 9.62. The molecule has 11 heteroatoms. The fourth-order valence-corrected chi connectivity index (χ4v) is 5.66. The molecule has 3 aliphatic rings. The van der Waals surface area contributed by atoms with Gasteiger partial charge in [0, 0.05) is 11.8 Å². The van der Waals surface area contributed by atoms with Crippen LogP contribution in [0.4, 0.5) is 0 Å². The zero-order chi connectivity index (χ0) is 26.8. The number of methoxy groups -OCH3 is 2. The number of carbonyl (C=O) groups is 2. The molecule has 5 N–H and O–H groups in total. The summed E-state index contributed by atoms with van der Waals surface area (Å²) >= 11 is 0. The van der Waals surface area contributed by atoms with Crippen LogP contribution in [0.15, 0.2) is 24.3 Å². The molecule has 2 aliphatic heterocycles. The van der Waals surface area contributed by atoms with Crippen LogP contribution < -0.4 is 35.3 Å². The summed E-state index contributed by atoms with van der Waals surface area (Å²) in [5.41, 5.74) is 7.86. The molecule has 1 amide bonds. The molecule has 0 bridgehead atoms. The highest BCUT2D eigenvalue weighted by atomic mass is 16.7. The van der Waals surface area contributed by atoms with Gasteiger partial charge in [-0.3, -0.25) is 9.59 Å². The molecule has 1 saturated heterocycles. The summed E-state index contributed by atoms with van der Waals surface area (Å²) in [4.78, 5) is 26.2. The summed E-state index contributed by atoms with van der Waals surface area (Å²) in [5.74, 6) is -0.475. The van der Waals surface area contributed by atoms with Crippen molar-refractivity contribution < 1.29 is 38.4 Å². The first-order chi connectivity index (χ1) is 18.5. The summed E-state index contributed by atoms with van der Waals surface area (Å²) in [7, 11) is 2.90. The Labute approximate surface area is 220 Å². The summed E-state index contributed by atoms with van der Waals surface area (Å²) in [6.07, 6.45) is 1.77. The van der Waals surface area contributed by atoms with E-state index in [1.54, 1.807) is 12.1 Å². The second-order valence-corrected chi connectivity index (χ2v) is 9.62. The molecule has 5 rings (SSSR count). The lowest BCUT2D eigenvalue weighted by molar-refractivity contribution is -0.141. The maximum atomic E-state index is 13.2. The number of phenols is 1. The third-order valence-corrected chi connectivity index (χ3v) is 7.46. The van der Waals surface area contributed by atoms with Gasteiger partial charge in [0.2, 0.25) is 18.4 Å². The lowest BCUT2D eigenvalue weighted by Gasteiger charge is -2.39. The van der Waals surface area contributed by atoms with E-state index >= 15 is 0 Å². The van der Waals surface area contributed by atoms with E-state index in [1.165, 1.54) is 14.2 Å². The summed E-state index contributed by atoms with van der Waals surface area (Å²) < 4.78 is 27.7. The number of phenolic OH excluding ortho intramolecular Hbond substituents is 1. The topological polar surface area (TPSA) is 151 Å². The number of benzene rings is 2. The van der Waals surface area contributed by atoms with Crippen LogP contribution in [0.1, 0.15) is 41.5 Å². The van der Waals surface area contributed by atoms with E-state index in [0.29, 0.717) is 30.2 Å². The van der Waals surface area contributed by atoms with Crippen molar-refractivity contribution in [2.75, 3.05) is 47.3 Å². The van der Waals surface area contributed by atoms with Crippen molar-refractivity contribution in [2.24, 2.45) is 17.6 Å². The average Bonchev–Trinajstić information content (AvgIpc) is 3.54. The molecule has 2 heterocycles. The Bertz CT molecular complexity index is 1190. The number of nitrogens with two attached hydrogens (primary N) is 1. The van der Waals surface area contributed by atoms with Gasteiger partial charge in [-0.2, -0.15) is 0 Å². The van der Waals surface area contributed by atoms with E-state index in [9.17, 15) is 14.7 Å². The Balaban J connectivity index is 1.55. The number of unbranched alkanes of at least 4 members (excludes halogenated alkanes) is 1. The lowest BCUT2D eigenvalue weighted by Crippen LogP contribution is -2.45. The molecular formula is C27H33N3O8. The Morgan fingerprint density at radius 1 is 1.05 bits per heavy atom. The SMILES string of the molecule is COc1cc(C2c3cc4c(cc3C(NC(=O)CNCCCCN)C3COC(=O)C23)OCO4)cc(OC)c1O. The van der Waals surface area contributed by atoms with Gasteiger partial charge < -0.3 is 45.2 Å². The van der Waals surface area contributed by atoms with E-state index < -0.39 is 17.9 Å². The quantitative estimate of drug-likeness (QED) is 0.265. The van der Waals surface area contributed by atoms with Gasteiger partial charge >= 0.3 is 5.97 Å². The molecule has 4 unspecified atom stereocenters. The van der Waals surface area contributed by atoms with Crippen LogP contribution in [0.3, 0.4) is 0 Å². The van der Waals surface area contributed by atoms with Gasteiger partial charge in [-0.05, 0) is 66.9 Å². The van der Waals surface area contributed by atoms with Gasteiger partial charge in [-0.15, -0.1) is 0 Å². The smallest absolute Gasteiger partial charge is 0.310 e. The fourth-order valence-electron chi connectivity index (χ4n) is 5.66. The number of carbonyl (C=O) groups excluding carboxylic acids is 2. The fraction of sp³-hybridized carbons (Fsp3) is 0.481. The van der Waals surface area contributed by atoms with Gasteiger partial charge in [0.1, 0.15) is 0 Å². The number of hydrogen-bond acceptors (Lipinski definition) is 10.